The quantitative estimate of drug-likeness (QED) is 0.815. The molecule has 0 fully saturated rings. The number of benzene rings is 1. The molecule has 0 radical (unpaired) electrons. The van der Waals surface area contributed by atoms with E-state index in [0.717, 1.165) is 23.2 Å². The van der Waals surface area contributed by atoms with Crippen molar-refractivity contribution in [2.75, 3.05) is 7.05 Å². The van der Waals surface area contributed by atoms with Crippen LogP contribution in [0.1, 0.15) is 43.0 Å². The predicted octanol–water partition coefficient (Wildman–Crippen LogP) is 3.06. The SMILES string of the molecule is CCC(C)c1ccc(S(=O)(=O)N(C)Cc2cn(C)nc2C)cc1. The standard InChI is InChI=1S/C17H25N3O2S/c1-6-13(2)15-7-9-17(10-8-15)23(21,22)20(5)12-16-11-19(4)18-14(16)3/h7-11,13H,6,12H2,1-5H3. The number of aromatic nitrogens is 2. The van der Waals surface area contributed by atoms with Gasteiger partial charge >= 0.3 is 0 Å². The summed E-state index contributed by atoms with van der Waals surface area (Å²) < 4.78 is 28.5. The van der Waals surface area contributed by atoms with E-state index in [4.69, 9.17) is 0 Å². The van der Waals surface area contributed by atoms with Gasteiger partial charge in [-0.2, -0.15) is 9.40 Å². The van der Waals surface area contributed by atoms with Crippen LogP contribution in [0.25, 0.3) is 0 Å². The summed E-state index contributed by atoms with van der Waals surface area (Å²) in [4.78, 5) is 0.327. The zero-order chi connectivity index (χ0) is 17.2. The van der Waals surface area contributed by atoms with Crippen molar-refractivity contribution >= 4 is 10.0 Å². The van der Waals surface area contributed by atoms with Gasteiger partial charge in [0.15, 0.2) is 0 Å². The number of hydrogen-bond acceptors (Lipinski definition) is 3. The van der Waals surface area contributed by atoms with E-state index in [1.807, 2.05) is 32.3 Å². The molecule has 1 heterocycles. The highest BCUT2D eigenvalue weighted by Crippen LogP contribution is 2.23. The minimum Gasteiger partial charge on any atom is -0.275 e. The van der Waals surface area contributed by atoms with E-state index in [-0.39, 0.29) is 0 Å². The molecule has 0 spiro atoms. The molecule has 2 aromatic rings. The first kappa shape index (κ1) is 17.7. The van der Waals surface area contributed by atoms with Crippen molar-refractivity contribution in [3.8, 4) is 0 Å². The lowest BCUT2D eigenvalue weighted by molar-refractivity contribution is 0.466. The summed E-state index contributed by atoms with van der Waals surface area (Å²) in [6.07, 6.45) is 2.89. The maximum absolute atomic E-state index is 12.7. The van der Waals surface area contributed by atoms with Crippen molar-refractivity contribution in [1.82, 2.24) is 14.1 Å². The molecule has 0 N–H and O–H groups in total. The second kappa shape index (κ2) is 6.84. The molecular formula is C17H25N3O2S. The van der Waals surface area contributed by atoms with E-state index < -0.39 is 10.0 Å². The highest BCUT2D eigenvalue weighted by molar-refractivity contribution is 7.89. The second-order valence-electron chi connectivity index (χ2n) is 6.05. The molecule has 1 atom stereocenters. The molecule has 1 unspecified atom stereocenters. The summed E-state index contributed by atoms with van der Waals surface area (Å²) in [5.74, 6) is 0.433. The van der Waals surface area contributed by atoms with Gasteiger partial charge in [0.05, 0.1) is 10.6 Å². The van der Waals surface area contributed by atoms with E-state index in [0.29, 0.717) is 17.4 Å². The Morgan fingerprint density at radius 2 is 1.87 bits per heavy atom. The van der Waals surface area contributed by atoms with Gasteiger partial charge in [-0.3, -0.25) is 4.68 Å². The molecule has 0 saturated heterocycles. The van der Waals surface area contributed by atoms with Crippen LogP contribution < -0.4 is 0 Å². The number of aryl methyl sites for hydroxylation is 2. The van der Waals surface area contributed by atoms with E-state index in [2.05, 4.69) is 18.9 Å². The molecule has 5 nitrogen and oxygen atoms in total. The van der Waals surface area contributed by atoms with Gasteiger partial charge in [0.1, 0.15) is 0 Å². The van der Waals surface area contributed by atoms with Crippen LogP contribution in [-0.2, 0) is 23.6 Å². The Labute approximate surface area is 139 Å². The van der Waals surface area contributed by atoms with Crippen molar-refractivity contribution in [3.05, 3.63) is 47.3 Å². The fourth-order valence-electron chi connectivity index (χ4n) is 2.51. The van der Waals surface area contributed by atoms with Crippen molar-refractivity contribution in [2.45, 2.75) is 44.6 Å². The monoisotopic (exact) mass is 335 g/mol. The summed E-state index contributed by atoms with van der Waals surface area (Å²) in [5.41, 5.74) is 2.92. The molecular weight excluding hydrogens is 310 g/mol. The summed E-state index contributed by atoms with van der Waals surface area (Å²) in [5, 5.41) is 4.25. The lowest BCUT2D eigenvalue weighted by Crippen LogP contribution is -2.26. The van der Waals surface area contributed by atoms with Crippen LogP contribution >= 0.6 is 0 Å². The zero-order valence-electron chi connectivity index (χ0n) is 14.4. The predicted molar refractivity (Wildman–Crippen MR) is 91.7 cm³/mol. The van der Waals surface area contributed by atoms with Crippen LogP contribution in [0, 0.1) is 6.92 Å². The normalized spacial score (nSPS) is 13.5. The van der Waals surface area contributed by atoms with Crippen LogP contribution in [0.2, 0.25) is 0 Å². The van der Waals surface area contributed by atoms with Crippen LogP contribution in [0.3, 0.4) is 0 Å². The number of hydrogen-bond donors (Lipinski definition) is 0. The van der Waals surface area contributed by atoms with Gasteiger partial charge in [-0.25, -0.2) is 8.42 Å². The maximum atomic E-state index is 12.7. The zero-order valence-corrected chi connectivity index (χ0v) is 15.3. The van der Waals surface area contributed by atoms with E-state index in [1.165, 1.54) is 4.31 Å². The summed E-state index contributed by atoms with van der Waals surface area (Å²) >= 11 is 0. The van der Waals surface area contributed by atoms with E-state index >= 15 is 0 Å². The first-order valence-electron chi connectivity index (χ1n) is 7.81. The molecule has 23 heavy (non-hydrogen) atoms. The van der Waals surface area contributed by atoms with Gasteiger partial charge < -0.3 is 0 Å². The van der Waals surface area contributed by atoms with Gasteiger partial charge in [-0.05, 0) is 37.0 Å². The first-order chi connectivity index (χ1) is 10.8. The number of sulfonamides is 1. The van der Waals surface area contributed by atoms with Crippen molar-refractivity contribution in [2.24, 2.45) is 7.05 Å². The Bertz CT molecular complexity index is 764. The summed E-state index contributed by atoms with van der Waals surface area (Å²) in [6.45, 7) is 6.46. The fraction of sp³-hybridized carbons (Fsp3) is 0.471. The summed E-state index contributed by atoms with van der Waals surface area (Å²) in [7, 11) is -0.0641. The Hall–Kier alpha value is -1.66. The third-order valence-corrected chi connectivity index (χ3v) is 6.10. The van der Waals surface area contributed by atoms with Gasteiger partial charge in [0.2, 0.25) is 10.0 Å². The minimum absolute atomic E-state index is 0.315. The van der Waals surface area contributed by atoms with Crippen molar-refractivity contribution in [1.29, 1.82) is 0 Å². The third kappa shape index (κ3) is 3.82. The Morgan fingerprint density at radius 3 is 2.35 bits per heavy atom. The number of rotatable bonds is 6. The van der Waals surface area contributed by atoms with Crippen molar-refractivity contribution < 1.29 is 8.42 Å². The lowest BCUT2D eigenvalue weighted by atomic mass is 9.99. The Kier molecular flexibility index (Phi) is 5.26. The van der Waals surface area contributed by atoms with Crippen LogP contribution in [0.5, 0.6) is 0 Å². The van der Waals surface area contributed by atoms with Gasteiger partial charge in [0, 0.05) is 32.4 Å². The molecule has 1 aromatic heterocycles. The molecule has 0 aliphatic carbocycles. The molecule has 0 saturated carbocycles. The van der Waals surface area contributed by atoms with Crippen LogP contribution in [0.15, 0.2) is 35.4 Å². The second-order valence-corrected chi connectivity index (χ2v) is 8.10. The molecule has 1 aromatic carbocycles. The molecule has 2 rings (SSSR count). The average Bonchev–Trinajstić information content (AvgIpc) is 2.84. The third-order valence-electron chi connectivity index (χ3n) is 4.28. The average molecular weight is 335 g/mol. The lowest BCUT2D eigenvalue weighted by Gasteiger charge is -2.17. The molecule has 6 heteroatoms. The maximum Gasteiger partial charge on any atom is 0.243 e. The molecule has 0 aliphatic heterocycles. The molecule has 126 valence electrons. The topological polar surface area (TPSA) is 55.2 Å². The molecule has 0 aliphatic rings. The highest BCUT2D eigenvalue weighted by atomic mass is 32.2. The molecule has 0 amide bonds. The molecule has 0 bridgehead atoms. The Morgan fingerprint density at radius 1 is 1.26 bits per heavy atom. The van der Waals surface area contributed by atoms with Gasteiger partial charge in [-0.15, -0.1) is 0 Å². The first-order valence-corrected chi connectivity index (χ1v) is 9.25. The summed E-state index contributed by atoms with van der Waals surface area (Å²) in [6, 6.07) is 7.21. The van der Waals surface area contributed by atoms with Gasteiger partial charge in [-0.1, -0.05) is 26.0 Å². The largest absolute Gasteiger partial charge is 0.275 e. The highest BCUT2D eigenvalue weighted by Gasteiger charge is 2.22. The van der Waals surface area contributed by atoms with Gasteiger partial charge in [0.25, 0.3) is 0 Å². The van der Waals surface area contributed by atoms with E-state index in [9.17, 15) is 8.42 Å². The fourth-order valence-corrected chi connectivity index (χ4v) is 3.66. The smallest absolute Gasteiger partial charge is 0.243 e. The number of nitrogens with zero attached hydrogens (tertiary/aromatic N) is 3. The van der Waals surface area contributed by atoms with E-state index in [1.54, 1.807) is 23.9 Å². The Balaban J connectivity index is 2.21. The van der Waals surface area contributed by atoms with Crippen LogP contribution in [-0.4, -0.2) is 29.6 Å². The minimum atomic E-state index is -3.50. The van der Waals surface area contributed by atoms with Crippen LogP contribution in [0.4, 0.5) is 0 Å². The van der Waals surface area contributed by atoms with Crippen molar-refractivity contribution in [3.63, 3.8) is 0 Å².